The Hall–Kier alpha value is -2.86. The molecular formula is C33H48N2O4. The Morgan fingerprint density at radius 1 is 0.846 bits per heavy atom. The predicted octanol–water partition coefficient (Wildman–Crippen LogP) is 7.07. The highest BCUT2D eigenvalue weighted by Crippen LogP contribution is 2.31. The van der Waals surface area contributed by atoms with Gasteiger partial charge in [0, 0.05) is 26.2 Å². The van der Waals surface area contributed by atoms with Crippen molar-refractivity contribution in [1.29, 1.82) is 0 Å². The van der Waals surface area contributed by atoms with Crippen molar-refractivity contribution in [2.45, 2.75) is 91.5 Å². The second-order valence-electron chi connectivity index (χ2n) is 12.8. The van der Waals surface area contributed by atoms with Crippen molar-refractivity contribution in [3.8, 4) is 0 Å². The molecule has 2 aromatic rings. The SMILES string of the molecule is CC(C)(C)OC(=O)[C@@H](CCCCN(Cc1ccccc1)Cc1ccccc1)[C@H]1CCN(C(=O)OC(C)(C)C)C1. The van der Waals surface area contributed by atoms with Crippen LogP contribution < -0.4 is 0 Å². The molecule has 1 amide bonds. The van der Waals surface area contributed by atoms with Crippen LogP contribution >= 0.6 is 0 Å². The van der Waals surface area contributed by atoms with E-state index < -0.39 is 11.2 Å². The number of hydrogen-bond donors (Lipinski definition) is 0. The minimum atomic E-state index is -0.541. The molecule has 39 heavy (non-hydrogen) atoms. The molecule has 1 aliphatic heterocycles. The maximum absolute atomic E-state index is 13.3. The van der Waals surface area contributed by atoms with E-state index in [1.165, 1.54) is 11.1 Å². The molecule has 0 radical (unpaired) electrons. The summed E-state index contributed by atoms with van der Waals surface area (Å²) in [5.41, 5.74) is 1.52. The van der Waals surface area contributed by atoms with E-state index in [1.807, 2.05) is 41.5 Å². The lowest BCUT2D eigenvalue weighted by atomic mass is 9.87. The number of ether oxygens (including phenoxy) is 2. The Balaban J connectivity index is 1.61. The number of benzene rings is 2. The van der Waals surface area contributed by atoms with Crippen molar-refractivity contribution in [3.63, 3.8) is 0 Å². The van der Waals surface area contributed by atoms with Gasteiger partial charge in [-0.25, -0.2) is 4.79 Å². The summed E-state index contributed by atoms with van der Waals surface area (Å²) >= 11 is 0. The van der Waals surface area contributed by atoms with Gasteiger partial charge >= 0.3 is 12.1 Å². The first-order valence-corrected chi connectivity index (χ1v) is 14.4. The van der Waals surface area contributed by atoms with Gasteiger partial charge < -0.3 is 14.4 Å². The molecule has 6 nitrogen and oxygen atoms in total. The van der Waals surface area contributed by atoms with Crippen LogP contribution in [0.25, 0.3) is 0 Å². The minimum absolute atomic E-state index is 0.0807. The van der Waals surface area contributed by atoms with Gasteiger partial charge in [-0.2, -0.15) is 0 Å². The Morgan fingerprint density at radius 2 is 1.38 bits per heavy atom. The van der Waals surface area contributed by atoms with Gasteiger partial charge in [0.25, 0.3) is 0 Å². The fourth-order valence-electron chi connectivity index (χ4n) is 5.13. The summed E-state index contributed by atoms with van der Waals surface area (Å²) < 4.78 is 11.4. The lowest BCUT2D eigenvalue weighted by Crippen LogP contribution is -2.37. The standard InChI is InChI=1S/C33H48N2O4/c1-32(2,3)38-30(36)29(28-20-22-35(25-28)31(37)39-33(4,5)6)19-13-14-21-34(23-26-15-9-7-10-16-26)24-27-17-11-8-12-18-27/h7-12,15-18,28-29H,13-14,19-25H2,1-6H3/t28-,29-/m0/s1. The van der Waals surface area contributed by atoms with E-state index >= 15 is 0 Å². The Bertz CT molecular complexity index is 986. The maximum atomic E-state index is 13.3. The Morgan fingerprint density at radius 3 is 1.90 bits per heavy atom. The summed E-state index contributed by atoms with van der Waals surface area (Å²) in [4.78, 5) is 30.2. The van der Waals surface area contributed by atoms with Crippen molar-refractivity contribution in [2.75, 3.05) is 19.6 Å². The molecule has 0 aromatic heterocycles. The molecule has 0 N–H and O–H groups in total. The third kappa shape index (κ3) is 11.0. The summed E-state index contributed by atoms with van der Waals surface area (Å²) in [6, 6.07) is 21.1. The molecule has 2 aromatic carbocycles. The number of hydrogen-bond acceptors (Lipinski definition) is 5. The van der Waals surface area contributed by atoms with Gasteiger partial charge in [0.2, 0.25) is 0 Å². The average molecular weight is 537 g/mol. The first kappa shape index (κ1) is 30.7. The summed E-state index contributed by atoms with van der Waals surface area (Å²) in [7, 11) is 0. The molecule has 214 valence electrons. The van der Waals surface area contributed by atoms with Crippen LogP contribution in [0.4, 0.5) is 4.79 Å². The normalized spacial score (nSPS) is 16.8. The molecule has 1 heterocycles. The van der Waals surface area contributed by atoms with Crippen LogP contribution in [-0.4, -0.2) is 52.7 Å². The van der Waals surface area contributed by atoms with E-state index in [2.05, 4.69) is 65.6 Å². The number of carbonyl (C=O) groups is 2. The molecule has 0 bridgehead atoms. The highest BCUT2D eigenvalue weighted by atomic mass is 16.6. The zero-order valence-corrected chi connectivity index (χ0v) is 24.8. The quantitative estimate of drug-likeness (QED) is 0.227. The topological polar surface area (TPSA) is 59.1 Å². The number of likely N-dealkylation sites (tertiary alicyclic amines) is 1. The summed E-state index contributed by atoms with van der Waals surface area (Å²) in [6.07, 6.45) is 3.16. The zero-order valence-electron chi connectivity index (χ0n) is 24.8. The lowest BCUT2D eigenvalue weighted by Gasteiger charge is -2.28. The molecule has 1 aliphatic rings. The third-order valence-electron chi connectivity index (χ3n) is 6.89. The zero-order chi connectivity index (χ0) is 28.5. The highest BCUT2D eigenvalue weighted by molar-refractivity contribution is 5.74. The molecule has 6 heteroatoms. The van der Waals surface area contributed by atoms with E-state index in [1.54, 1.807) is 4.90 Å². The van der Waals surface area contributed by atoms with E-state index in [0.717, 1.165) is 45.3 Å². The fourth-order valence-corrected chi connectivity index (χ4v) is 5.13. The highest BCUT2D eigenvalue weighted by Gasteiger charge is 2.38. The van der Waals surface area contributed by atoms with E-state index in [0.29, 0.717) is 13.1 Å². The number of rotatable bonds is 11. The van der Waals surface area contributed by atoms with Crippen molar-refractivity contribution in [2.24, 2.45) is 11.8 Å². The van der Waals surface area contributed by atoms with Crippen molar-refractivity contribution in [1.82, 2.24) is 9.80 Å². The summed E-state index contributed by atoms with van der Waals surface area (Å²) in [5.74, 6) is -0.297. The van der Waals surface area contributed by atoms with Gasteiger partial charge in [-0.05, 0) is 84.4 Å². The third-order valence-corrected chi connectivity index (χ3v) is 6.89. The molecule has 1 saturated heterocycles. The minimum Gasteiger partial charge on any atom is -0.460 e. The lowest BCUT2D eigenvalue weighted by molar-refractivity contribution is -0.162. The number of carbonyl (C=O) groups excluding carboxylic acids is 2. The van der Waals surface area contributed by atoms with Gasteiger partial charge in [0.15, 0.2) is 0 Å². The van der Waals surface area contributed by atoms with Gasteiger partial charge in [0.05, 0.1) is 5.92 Å². The van der Waals surface area contributed by atoms with Crippen LogP contribution in [0, 0.1) is 11.8 Å². The molecule has 0 unspecified atom stereocenters. The van der Waals surface area contributed by atoms with Crippen LogP contribution in [0.1, 0.15) is 78.4 Å². The van der Waals surface area contributed by atoms with Crippen LogP contribution in [-0.2, 0) is 27.4 Å². The van der Waals surface area contributed by atoms with Crippen molar-refractivity contribution in [3.05, 3.63) is 71.8 Å². The second-order valence-corrected chi connectivity index (χ2v) is 12.8. The number of amides is 1. The van der Waals surface area contributed by atoms with Crippen LogP contribution in [0.2, 0.25) is 0 Å². The molecule has 2 atom stereocenters. The van der Waals surface area contributed by atoms with Crippen LogP contribution in [0.15, 0.2) is 60.7 Å². The molecule has 0 saturated carbocycles. The molecule has 0 spiro atoms. The Labute approximate surface area is 235 Å². The average Bonchev–Trinajstić information content (AvgIpc) is 3.33. The molecule has 3 rings (SSSR count). The van der Waals surface area contributed by atoms with Crippen LogP contribution in [0.5, 0.6) is 0 Å². The predicted molar refractivity (Wildman–Crippen MR) is 156 cm³/mol. The van der Waals surface area contributed by atoms with Gasteiger partial charge in [-0.15, -0.1) is 0 Å². The molecule has 1 fully saturated rings. The number of nitrogens with zero attached hydrogens (tertiary/aromatic N) is 2. The Kier molecular flexibility index (Phi) is 11.0. The first-order valence-electron chi connectivity index (χ1n) is 14.4. The van der Waals surface area contributed by atoms with Crippen molar-refractivity contribution < 1.29 is 19.1 Å². The van der Waals surface area contributed by atoms with Gasteiger partial charge in [-0.1, -0.05) is 67.1 Å². The monoisotopic (exact) mass is 536 g/mol. The van der Waals surface area contributed by atoms with Crippen molar-refractivity contribution >= 4 is 12.1 Å². The molecular weight excluding hydrogens is 488 g/mol. The second kappa shape index (κ2) is 14.0. The van der Waals surface area contributed by atoms with Crippen LogP contribution in [0.3, 0.4) is 0 Å². The summed E-state index contributed by atoms with van der Waals surface area (Å²) in [6.45, 7) is 15.2. The van der Waals surface area contributed by atoms with E-state index in [9.17, 15) is 9.59 Å². The molecule has 0 aliphatic carbocycles. The van der Waals surface area contributed by atoms with E-state index in [-0.39, 0.29) is 23.9 Å². The van der Waals surface area contributed by atoms with Gasteiger partial charge in [-0.3, -0.25) is 9.69 Å². The number of esters is 1. The maximum Gasteiger partial charge on any atom is 0.410 e. The number of unbranched alkanes of at least 4 members (excludes halogenated alkanes) is 1. The van der Waals surface area contributed by atoms with Gasteiger partial charge in [0.1, 0.15) is 11.2 Å². The smallest absolute Gasteiger partial charge is 0.410 e. The first-order chi connectivity index (χ1) is 18.4. The van der Waals surface area contributed by atoms with E-state index in [4.69, 9.17) is 9.47 Å². The largest absolute Gasteiger partial charge is 0.460 e. The summed E-state index contributed by atoms with van der Waals surface area (Å²) in [5, 5.41) is 0. The fraction of sp³-hybridized carbons (Fsp3) is 0.576.